The zero-order chi connectivity index (χ0) is 14.3. The van der Waals surface area contributed by atoms with Crippen LogP contribution in [0, 0.1) is 0 Å². The molecule has 2 rings (SSSR count). The number of hydrogen-bond acceptors (Lipinski definition) is 4. The maximum atomic E-state index is 8.74. The topological polar surface area (TPSA) is 100 Å². The molecule has 0 fully saturated rings. The lowest BCUT2D eigenvalue weighted by Crippen LogP contribution is -1.89. The Kier molecular flexibility index (Phi) is 5.31. The van der Waals surface area contributed by atoms with Crippen molar-refractivity contribution in [3.8, 4) is 0 Å². The summed E-state index contributed by atoms with van der Waals surface area (Å²) in [5.74, 6) is 0. The van der Waals surface area contributed by atoms with Crippen molar-refractivity contribution in [3.05, 3.63) is 66.8 Å². The fraction of sp³-hybridized carbons (Fsp3) is 0. The molecule has 2 aromatic rings. The molecular weight excluding hydrogens is 268 g/mol. The van der Waals surface area contributed by atoms with Crippen molar-refractivity contribution in [2.24, 2.45) is 0 Å². The molecular formula is C12H12N2O4S. The maximum absolute atomic E-state index is 8.74. The van der Waals surface area contributed by atoms with Crippen molar-refractivity contribution < 1.29 is 17.5 Å². The SMILES string of the molecule is C=C(c1cccnc1)c1cccnc1.O=S(=O)(O)O. The summed E-state index contributed by atoms with van der Waals surface area (Å²) in [6.45, 7) is 4.02. The van der Waals surface area contributed by atoms with Crippen molar-refractivity contribution >= 4 is 16.0 Å². The van der Waals surface area contributed by atoms with Crippen molar-refractivity contribution in [2.45, 2.75) is 0 Å². The van der Waals surface area contributed by atoms with Crippen LogP contribution in [0.15, 0.2) is 55.6 Å². The van der Waals surface area contributed by atoms with Crippen molar-refractivity contribution in [1.29, 1.82) is 0 Å². The third kappa shape index (κ3) is 6.41. The summed E-state index contributed by atoms with van der Waals surface area (Å²) >= 11 is 0. The molecule has 7 heteroatoms. The molecule has 0 radical (unpaired) electrons. The van der Waals surface area contributed by atoms with E-state index in [1.807, 2.05) is 24.3 Å². The van der Waals surface area contributed by atoms with E-state index in [1.54, 1.807) is 24.8 Å². The summed E-state index contributed by atoms with van der Waals surface area (Å²) in [5.41, 5.74) is 3.01. The Bertz CT molecular complexity index is 578. The fourth-order valence-electron chi connectivity index (χ4n) is 1.25. The van der Waals surface area contributed by atoms with Gasteiger partial charge in [0.25, 0.3) is 0 Å². The van der Waals surface area contributed by atoms with Crippen LogP contribution in [0.4, 0.5) is 0 Å². The molecule has 0 aliphatic carbocycles. The van der Waals surface area contributed by atoms with Crippen LogP contribution in [0.25, 0.3) is 5.57 Å². The Morgan fingerprint density at radius 1 is 1.00 bits per heavy atom. The summed E-state index contributed by atoms with van der Waals surface area (Å²) in [7, 11) is -4.67. The molecule has 2 aromatic heterocycles. The molecule has 19 heavy (non-hydrogen) atoms. The van der Waals surface area contributed by atoms with Gasteiger partial charge < -0.3 is 0 Å². The predicted molar refractivity (Wildman–Crippen MR) is 70.8 cm³/mol. The van der Waals surface area contributed by atoms with Crippen LogP contribution in [-0.4, -0.2) is 27.5 Å². The molecule has 0 saturated carbocycles. The van der Waals surface area contributed by atoms with Gasteiger partial charge in [0, 0.05) is 35.9 Å². The molecule has 6 nitrogen and oxygen atoms in total. The average molecular weight is 280 g/mol. The van der Waals surface area contributed by atoms with Crippen LogP contribution in [0.2, 0.25) is 0 Å². The quantitative estimate of drug-likeness (QED) is 0.815. The van der Waals surface area contributed by atoms with Gasteiger partial charge in [-0.3, -0.25) is 19.1 Å². The minimum atomic E-state index is -4.67. The van der Waals surface area contributed by atoms with E-state index in [2.05, 4.69) is 16.5 Å². The van der Waals surface area contributed by atoms with Crippen LogP contribution in [0.3, 0.4) is 0 Å². The van der Waals surface area contributed by atoms with Gasteiger partial charge in [0.2, 0.25) is 0 Å². The Balaban J connectivity index is 0.000000312. The lowest BCUT2D eigenvalue weighted by atomic mass is 10.0. The van der Waals surface area contributed by atoms with Crippen LogP contribution in [0.5, 0.6) is 0 Å². The number of pyridine rings is 2. The van der Waals surface area contributed by atoms with Gasteiger partial charge in [0.15, 0.2) is 0 Å². The average Bonchev–Trinajstić information content (AvgIpc) is 2.38. The van der Waals surface area contributed by atoms with Gasteiger partial charge in [-0.15, -0.1) is 0 Å². The summed E-state index contributed by atoms with van der Waals surface area (Å²) in [5, 5.41) is 0. The van der Waals surface area contributed by atoms with Gasteiger partial charge in [0.05, 0.1) is 0 Å². The first-order valence-corrected chi connectivity index (χ1v) is 6.47. The lowest BCUT2D eigenvalue weighted by Gasteiger charge is -2.03. The highest BCUT2D eigenvalue weighted by Crippen LogP contribution is 2.18. The van der Waals surface area contributed by atoms with E-state index < -0.39 is 10.4 Å². The van der Waals surface area contributed by atoms with Crippen LogP contribution in [-0.2, 0) is 10.4 Å². The van der Waals surface area contributed by atoms with Crippen LogP contribution in [0.1, 0.15) is 11.1 Å². The highest BCUT2D eigenvalue weighted by molar-refractivity contribution is 7.79. The smallest absolute Gasteiger partial charge is 0.264 e. The molecule has 0 amide bonds. The summed E-state index contributed by atoms with van der Waals surface area (Å²) < 4.78 is 31.6. The largest absolute Gasteiger partial charge is 0.394 e. The molecule has 100 valence electrons. The van der Waals surface area contributed by atoms with Crippen molar-refractivity contribution in [1.82, 2.24) is 9.97 Å². The van der Waals surface area contributed by atoms with E-state index in [1.165, 1.54) is 0 Å². The molecule has 0 bridgehead atoms. The highest BCUT2D eigenvalue weighted by Gasteiger charge is 2.00. The molecule has 0 aliphatic rings. The third-order valence-corrected chi connectivity index (χ3v) is 2.02. The molecule has 2 N–H and O–H groups in total. The Morgan fingerprint density at radius 3 is 1.63 bits per heavy atom. The molecule has 0 spiro atoms. The minimum absolute atomic E-state index is 0.950. The first-order valence-electron chi connectivity index (χ1n) is 5.07. The number of hydrogen-bond donors (Lipinski definition) is 2. The standard InChI is InChI=1S/C12H10N2.H2O4S/c1-10(11-4-2-6-13-8-11)12-5-3-7-14-9-12;1-5(2,3)4/h2-9H,1H2;(H2,1,2,3,4). The molecule has 0 unspecified atom stereocenters. The summed E-state index contributed by atoms with van der Waals surface area (Å²) in [6.07, 6.45) is 7.10. The first-order chi connectivity index (χ1) is 8.88. The van der Waals surface area contributed by atoms with Gasteiger partial charge in [-0.05, 0) is 17.7 Å². The van der Waals surface area contributed by atoms with E-state index in [0.717, 1.165) is 16.7 Å². The van der Waals surface area contributed by atoms with Gasteiger partial charge >= 0.3 is 10.4 Å². The molecule has 0 aliphatic heterocycles. The Labute approximate surface area is 111 Å². The van der Waals surface area contributed by atoms with Gasteiger partial charge in [0.1, 0.15) is 0 Å². The second-order valence-corrected chi connectivity index (χ2v) is 4.31. The second-order valence-electron chi connectivity index (χ2n) is 3.41. The van der Waals surface area contributed by atoms with Crippen LogP contribution >= 0.6 is 0 Å². The third-order valence-electron chi connectivity index (χ3n) is 2.02. The van der Waals surface area contributed by atoms with E-state index in [9.17, 15) is 0 Å². The highest BCUT2D eigenvalue weighted by atomic mass is 32.3. The maximum Gasteiger partial charge on any atom is 0.394 e. The monoisotopic (exact) mass is 280 g/mol. The Hall–Kier alpha value is -2.09. The molecule has 0 saturated heterocycles. The molecule has 2 heterocycles. The van der Waals surface area contributed by atoms with E-state index >= 15 is 0 Å². The van der Waals surface area contributed by atoms with Crippen molar-refractivity contribution in [2.75, 3.05) is 0 Å². The van der Waals surface area contributed by atoms with E-state index in [-0.39, 0.29) is 0 Å². The lowest BCUT2D eigenvalue weighted by molar-refractivity contribution is 0.381. The van der Waals surface area contributed by atoms with Gasteiger partial charge in [-0.2, -0.15) is 8.42 Å². The minimum Gasteiger partial charge on any atom is -0.264 e. The summed E-state index contributed by atoms with van der Waals surface area (Å²) in [6, 6.07) is 7.78. The molecule has 0 aromatic carbocycles. The zero-order valence-corrected chi connectivity index (χ0v) is 10.7. The normalized spacial score (nSPS) is 10.2. The summed E-state index contributed by atoms with van der Waals surface area (Å²) in [4.78, 5) is 8.10. The molecule has 0 atom stereocenters. The number of aromatic nitrogens is 2. The van der Waals surface area contributed by atoms with E-state index in [4.69, 9.17) is 17.5 Å². The first kappa shape index (κ1) is 15.0. The van der Waals surface area contributed by atoms with Crippen molar-refractivity contribution in [3.63, 3.8) is 0 Å². The zero-order valence-electron chi connectivity index (χ0n) is 9.84. The van der Waals surface area contributed by atoms with E-state index in [0.29, 0.717) is 0 Å². The second kappa shape index (κ2) is 6.74. The fourth-order valence-corrected chi connectivity index (χ4v) is 1.25. The van der Waals surface area contributed by atoms with Gasteiger partial charge in [-0.1, -0.05) is 18.7 Å². The predicted octanol–water partition coefficient (Wildman–Crippen LogP) is 1.89. The van der Waals surface area contributed by atoms with Gasteiger partial charge in [-0.25, -0.2) is 0 Å². The van der Waals surface area contributed by atoms with Crippen LogP contribution < -0.4 is 0 Å². The number of rotatable bonds is 2. The number of nitrogens with zero attached hydrogens (tertiary/aromatic N) is 2. The Morgan fingerprint density at radius 2 is 1.37 bits per heavy atom.